The summed E-state index contributed by atoms with van der Waals surface area (Å²) >= 11 is 5.92. The van der Waals surface area contributed by atoms with E-state index in [9.17, 15) is 0 Å². The van der Waals surface area contributed by atoms with Crippen LogP contribution in [-0.4, -0.2) is 14.1 Å². The lowest BCUT2D eigenvalue weighted by Crippen LogP contribution is -2.09. The first-order valence-electron chi connectivity index (χ1n) is 3.40. The van der Waals surface area contributed by atoms with E-state index in [2.05, 4.69) is 6.92 Å². The van der Waals surface area contributed by atoms with Gasteiger partial charge in [-0.25, -0.2) is 0 Å². The zero-order valence-electron chi connectivity index (χ0n) is 6.76. The summed E-state index contributed by atoms with van der Waals surface area (Å²) < 4.78 is 0. The van der Waals surface area contributed by atoms with Crippen LogP contribution < -0.4 is 4.90 Å². The molecule has 0 unspecified atom stereocenters. The second-order valence-electron chi connectivity index (χ2n) is 2.68. The van der Waals surface area contributed by atoms with E-state index in [1.54, 1.807) is 0 Å². The SMILES string of the molecule is [CH2]c1ccc(Cl)c(N(C)C)c1. The summed E-state index contributed by atoms with van der Waals surface area (Å²) in [6.07, 6.45) is 0. The van der Waals surface area contributed by atoms with Crippen molar-refractivity contribution in [1.82, 2.24) is 0 Å². The van der Waals surface area contributed by atoms with Crippen LogP contribution in [0.2, 0.25) is 5.02 Å². The van der Waals surface area contributed by atoms with Gasteiger partial charge in [0.25, 0.3) is 0 Å². The van der Waals surface area contributed by atoms with Crippen molar-refractivity contribution in [2.45, 2.75) is 0 Å². The molecule has 0 bridgehead atoms. The number of nitrogens with zero attached hydrogens (tertiary/aromatic N) is 1. The van der Waals surface area contributed by atoms with Crippen molar-refractivity contribution in [3.8, 4) is 0 Å². The van der Waals surface area contributed by atoms with Crippen LogP contribution in [0.4, 0.5) is 5.69 Å². The first-order chi connectivity index (χ1) is 5.11. The molecule has 0 aliphatic rings. The molecule has 1 aromatic rings. The van der Waals surface area contributed by atoms with Crippen LogP contribution in [0.1, 0.15) is 5.56 Å². The fraction of sp³-hybridized carbons (Fsp3) is 0.222. The Bertz CT molecular complexity index is 256. The maximum Gasteiger partial charge on any atom is 0.0639 e. The first-order valence-corrected chi connectivity index (χ1v) is 3.78. The lowest BCUT2D eigenvalue weighted by atomic mass is 10.2. The van der Waals surface area contributed by atoms with E-state index in [-0.39, 0.29) is 0 Å². The molecule has 1 aromatic carbocycles. The van der Waals surface area contributed by atoms with E-state index in [1.165, 1.54) is 0 Å². The van der Waals surface area contributed by atoms with E-state index in [0.717, 1.165) is 16.3 Å². The Morgan fingerprint density at radius 1 is 1.36 bits per heavy atom. The average molecular weight is 169 g/mol. The molecule has 0 aliphatic heterocycles. The highest BCUT2D eigenvalue weighted by atomic mass is 35.5. The summed E-state index contributed by atoms with van der Waals surface area (Å²) in [5, 5.41) is 0.766. The standard InChI is InChI=1S/C9H11ClN/c1-7-4-5-8(10)9(6-7)11(2)3/h4-6H,1H2,2-3H3. The van der Waals surface area contributed by atoms with Crippen molar-refractivity contribution >= 4 is 17.3 Å². The number of rotatable bonds is 1. The lowest BCUT2D eigenvalue weighted by molar-refractivity contribution is 1.13. The van der Waals surface area contributed by atoms with Crippen LogP contribution in [0.15, 0.2) is 18.2 Å². The Morgan fingerprint density at radius 2 is 2.00 bits per heavy atom. The number of hydrogen-bond donors (Lipinski definition) is 0. The summed E-state index contributed by atoms with van der Waals surface area (Å²) in [4.78, 5) is 1.97. The predicted molar refractivity (Wildman–Crippen MR) is 50.2 cm³/mol. The maximum absolute atomic E-state index is 5.92. The molecule has 0 N–H and O–H groups in total. The Labute approximate surface area is 72.6 Å². The molecular formula is C9H11ClN. The molecule has 2 heteroatoms. The summed E-state index contributed by atoms with van der Waals surface area (Å²) in [6.45, 7) is 3.82. The minimum atomic E-state index is 0.766. The van der Waals surface area contributed by atoms with Gasteiger partial charge in [0.05, 0.1) is 10.7 Å². The first kappa shape index (κ1) is 8.41. The van der Waals surface area contributed by atoms with E-state index in [4.69, 9.17) is 11.6 Å². The largest absolute Gasteiger partial charge is 0.376 e. The molecule has 0 saturated carbocycles. The summed E-state index contributed by atoms with van der Waals surface area (Å²) in [7, 11) is 3.92. The highest BCUT2D eigenvalue weighted by Gasteiger charge is 2.00. The average Bonchev–Trinajstić information content (AvgIpc) is 1.94. The van der Waals surface area contributed by atoms with Crippen LogP contribution in [0.5, 0.6) is 0 Å². The molecule has 59 valence electrons. The Balaban J connectivity index is 3.13. The summed E-state index contributed by atoms with van der Waals surface area (Å²) in [5.41, 5.74) is 2.00. The summed E-state index contributed by atoms with van der Waals surface area (Å²) in [6, 6.07) is 5.72. The fourth-order valence-electron chi connectivity index (χ4n) is 0.901. The second kappa shape index (κ2) is 3.14. The minimum Gasteiger partial charge on any atom is -0.376 e. The fourth-order valence-corrected chi connectivity index (χ4v) is 1.19. The topological polar surface area (TPSA) is 3.24 Å². The molecule has 1 rings (SSSR count). The number of anilines is 1. The third-order valence-corrected chi connectivity index (χ3v) is 1.81. The van der Waals surface area contributed by atoms with Crippen molar-refractivity contribution < 1.29 is 0 Å². The number of halogens is 1. The van der Waals surface area contributed by atoms with Crippen LogP contribution in [0.25, 0.3) is 0 Å². The lowest BCUT2D eigenvalue weighted by Gasteiger charge is -2.14. The van der Waals surface area contributed by atoms with Gasteiger partial charge in [-0.3, -0.25) is 0 Å². The molecule has 0 amide bonds. The van der Waals surface area contributed by atoms with E-state index in [0.29, 0.717) is 0 Å². The molecule has 0 heterocycles. The smallest absolute Gasteiger partial charge is 0.0639 e. The van der Waals surface area contributed by atoms with Crippen LogP contribution in [-0.2, 0) is 0 Å². The van der Waals surface area contributed by atoms with E-state index < -0.39 is 0 Å². The zero-order chi connectivity index (χ0) is 8.43. The van der Waals surface area contributed by atoms with Crippen molar-refractivity contribution in [2.75, 3.05) is 19.0 Å². The third kappa shape index (κ3) is 1.87. The molecule has 0 aromatic heterocycles. The monoisotopic (exact) mass is 168 g/mol. The molecule has 0 saturated heterocycles. The van der Waals surface area contributed by atoms with Crippen molar-refractivity contribution in [3.63, 3.8) is 0 Å². The predicted octanol–water partition coefficient (Wildman–Crippen LogP) is 2.59. The maximum atomic E-state index is 5.92. The Morgan fingerprint density at radius 3 is 2.45 bits per heavy atom. The van der Waals surface area contributed by atoms with Gasteiger partial charge < -0.3 is 4.90 Å². The van der Waals surface area contributed by atoms with Crippen molar-refractivity contribution in [1.29, 1.82) is 0 Å². The zero-order valence-corrected chi connectivity index (χ0v) is 7.52. The van der Waals surface area contributed by atoms with Gasteiger partial charge in [0.15, 0.2) is 0 Å². The highest BCUT2D eigenvalue weighted by molar-refractivity contribution is 6.33. The summed E-state index contributed by atoms with van der Waals surface area (Å²) in [5.74, 6) is 0. The molecular weight excluding hydrogens is 158 g/mol. The van der Waals surface area contributed by atoms with Crippen molar-refractivity contribution in [2.24, 2.45) is 0 Å². The van der Waals surface area contributed by atoms with Crippen molar-refractivity contribution in [3.05, 3.63) is 35.7 Å². The van der Waals surface area contributed by atoms with Gasteiger partial charge >= 0.3 is 0 Å². The third-order valence-electron chi connectivity index (χ3n) is 1.49. The minimum absolute atomic E-state index is 0.766. The van der Waals surface area contributed by atoms with Gasteiger partial charge in [0.1, 0.15) is 0 Å². The van der Waals surface area contributed by atoms with E-state index in [1.807, 2.05) is 37.2 Å². The highest BCUT2D eigenvalue weighted by Crippen LogP contribution is 2.24. The quantitative estimate of drug-likeness (QED) is 0.623. The second-order valence-corrected chi connectivity index (χ2v) is 3.09. The molecule has 11 heavy (non-hydrogen) atoms. The van der Waals surface area contributed by atoms with Gasteiger partial charge in [-0.1, -0.05) is 17.7 Å². The van der Waals surface area contributed by atoms with Gasteiger partial charge in [0, 0.05) is 14.1 Å². The molecule has 1 radical (unpaired) electrons. The van der Waals surface area contributed by atoms with E-state index >= 15 is 0 Å². The molecule has 0 aliphatic carbocycles. The Hall–Kier alpha value is -0.690. The molecule has 0 fully saturated rings. The van der Waals surface area contributed by atoms with Gasteiger partial charge in [-0.15, -0.1) is 0 Å². The molecule has 1 nitrogen and oxygen atoms in total. The Kier molecular flexibility index (Phi) is 2.40. The molecule has 0 atom stereocenters. The van der Waals surface area contributed by atoms with Crippen LogP contribution in [0, 0.1) is 6.92 Å². The van der Waals surface area contributed by atoms with Gasteiger partial charge in [-0.2, -0.15) is 0 Å². The normalized spacial score (nSPS) is 9.82. The number of hydrogen-bond acceptors (Lipinski definition) is 1. The molecule has 0 spiro atoms. The van der Waals surface area contributed by atoms with Crippen LogP contribution in [0.3, 0.4) is 0 Å². The van der Waals surface area contributed by atoms with Gasteiger partial charge in [0.2, 0.25) is 0 Å². The van der Waals surface area contributed by atoms with Crippen LogP contribution >= 0.6 is 11.6 Å². The number of benzene rings is 1. The van der Waals surface area contributed by atoms with Gasteiger partial charge in [-0.05, 0) is 24.6 Å².